The molecule has 0 spiro atoms. The second kappa shape index (κ2) is 8.88. The molecule has 0 aromatic heterocycles. The van der Waals surface area contributed by atoms with Gasteiger partial charge in [-0.3, -0.25) is 14.5 Å². The van der Waals surface area contributed by atoms with E-state index in [4.69, 9.17) is 5.73 Å². The summed E-state index contributed by atoms with van der Waals surface area (Å²) in [5.74, 6) is -0.303. The first kappa shape index (κ1) is 22.5. The fourth-order valence-corrected chi connectivity index (χ4v) is 3.51. The Morgan fingerprint density at radius 3 is 2.65 bits per heavy atom. The van der Waals surface area contributed by atoms with Gasteiger partial charge in [0.2, 0.25) is 5.91 Å². The average molecular weight is 425 g/mol. The third-order valence-corrected chi connectivity index (χ3v) is 5.93. The molecule has 164 valence electrons. The highest BCUT2D eigenvalue weighted by atomic mass is 19.1. The van der Waals surface area contributed by atoms with E-state index in [9.17, 15) is 14.0 Å². The van der Waals surface area contributed by atoms with Crippen molar-refractivity contribution in [2.45, 2.75) is 52.7 Å². The van der Waals surface area contributed by atoms with Gasteiger partial charge in [-0.25, -0.2) is 9.38 Å². The minimum absolute atomic E-state index is 0.0821. The van der Waals surface area contributed by atoms with E-state index in [1.54, 1.807) is 18.2 Å². The quantitative estimate of drug-likeness (QED) is 0.744. The van der Waals surface area contributed by atoms with Crippen LogP contribution in [0.2, 0.25) is 0 Å². The van der Waals surface area contributed by atoms with Crippen LogP contribution >= 0.6 is 0 Å². The molecule has 31 heavy (non-hydrogen) atoms. The highest BCUT2D eigenvalue weighted by Crippen LogP contribution is 2.30. The van der Waals surface area contributed by atoms with Gasteiger partial charge in [-0.1, -0.05) is 38.1 Å². The van der Waals surface area contributed by atoms with Crippen molar-refractivity contribution < 1.29 is 14.0 Å². The van der Waals surface area contributed by atoms with Gasteiger partial charge in [0.25, 0.3) is 5.91 Å². The van der Waals surface area contributed by atoms with Crippen molar-refractivity contribution in [1.82, 2.24) is 10.2 Å². The summed E-state index contributed by atoms with van der Waals surface area (Å²) in [5, 5.41) is 2.82. The van der Waals surface area contributed by atoms with E-state index in [0.717, 1.165) is 11.1 Å². The SMILES string of the molecule is Cc1ccc(CN2C(=O)C[C@@](C)(C(C)C)N=C2N)cc1C(=O)NCc1cccc(F)c1. The predicted molar refractivity (Wildman–Crippen MR) is 119 cm³/mol. The molecular weight excluding hydrogens is 395 g/mol. The maximum Gasteiger partial charge on any atom is 0.251 e. The Balaban J connectivity index is 1.75. The van der Waals surface area contributed by atoms with Crippen molar-refractivity contribution in [3.05, 3.63) is 70.5 Å². The molecule has 0 bridgehead atoms. The minimum Gasteiger partial charge on any atom is -0.369 e. The zero-order valence-electron chi connectivity index (χ0n) is 18.4. The Morgan fingerprint density at radius 1 is 1.26 bits per heavy atom. The molecule has 0 radical (unpaired) electrons. The lowest BCUT2D eigenvalue weighted by Gasteiger charge is -2.37. The predicted octanol–water partition coefficient (Wildman–Crippen LogP) is 3.53. The van der Waals surface area contributed by atoms with Crippen LogP contribution in [0.15, 0.2) is 47.5 Å². The van der Waals surface area contributed by atoms with E-state index >= 15 is 0 Å². The molecule has 3 rings (SSSR count). The summed E-state index contributed by atoms with van der Waals surface area (Å²) >= 11 is 0. The maximum absolute atomic E-state index is 13.3. The Bertz CT molecular complexity index is 1030. The number of rotatable bonds is 6. The van der Waals surface area contributed by atoms with Crippen molar-refractivity contribution in [2.75, 3.05) is 0 Å². The first-order valence-electron chi connectivity index (χ1n) is 10.4. The van der Waals surface area contributed by atoms with E-state index in [0.29, 0.717) is 11.1 Å². The number of carbonyl (C=O) groups excluding carboxylic acids is 2. The van der Waals surface area contributed by atoms with Crippen LogP contribution in [0.1, 0.15) is 54.2 Å². The number of nitrogens with zero attached hydrogens (tertiary/aromatic N) is 2. The van der Waals surface area contributed by atoms with Crippen LogP contribution < -0.4 is 11.1 Å². The van der Waals surface area contributed by atoms with Crippen LogP contribution in [0.4, 0.5) is 4.39 Å². The van der Waals surface area contributed by atoms with Crippen LogP contribution in [0.25, 0.3) is 0 Å². The second-order valence-corrected chi connectivity index (χ2v) is 8.60. The molecule has 0 saturated heterocycles. The number of carbonyl (C=O) groups is 2. The molecular formula is C24H29FN4O2. The number of nitrogens with two attached hydrogens (primary N) is 1. The zero-order chi connectivity index (χ0) is 22.8. The Morgan fingerprint density at radius 2 is 2.00 bits per heavy atom. The summed E-state index contributed by atoms with van der Waals surface area (Å²) in [5.41, 5.74) is 8.38. The summed E-state index contributed by atoms with van der Waals surface area (Å²) in [6.07, 6.45) is 0.290. The number of guanidine groups is 1. The summed E-state index contributed by atoms with van der Waals surface area (Å²) in [6.45, 7) is 8.29. The lowest BCUT2D eigenvalue weighted by Crippen LogP contribution is -2.51. The molecule has 6 nitrogen and oxygen atoms in total. The molecule has 2 aromatic rings. The number of aryl methyl sites for hydroxylation is 1. The van der Waals surface area contributed by atoms with Gasteiger partial charge in [-0.05, 0) is 54.7 Å². The molecule has 3 N–H and O–H groups in total. The number of aliphatic imine (C=N–C) groups is 1. The molecule has 1 aliphatic heterocycles. The molecule has 0 fully saturated rings. The zero-order valence-corrected chi connectivity index (χ0v) is 18.4. The van der Waals surface area contributed by atoms with E-state index in [2.05, 4.69) is 10.3 Å². The normalized spacial score (nSPS) is 18.8. The Hall–Kier alpha value is -3.22. The maximum atomic E-state index is 13.3. The first-order valence-corrected chi connectivity index (χ1v) is 10.4. The van der Waals surface area contributed by atoms with E-state index in [1.165, 1.54) is 17.0 Å². The highest BCUT2D eigenvalue weighted by Gasteiger charge is 2.38. The average Bonchev–Trinajstić information content (AvgIpc) is 2.70. The van der Waals surface area contributed by atoms with Crippen molar-refractivity contribution in [2.24, 2.45) is 16.6 Å². The van der Waals surface area contributed by atoms with Crippen LogP contribution in [0.5, 0.6) is 0 Å². The van der Waals surface area contributed by atoms with Gasteiger partial charge in [0, 0.05) is 12.1 Å². The Kier molecular flexibility index (Phi) is 6.43. The second-order valence-electron chi connectivity index (χ2n) is 8.60. The van der Waals surface area contributed by atoms with Crippen LogP contribution in [-0.4, -0.2) is 28.2 Å². The van der Waals surface area contributed by atoms with Gasteiger partial charge < -0.3 is 11.1 Å². The number of halogens is 1. The van der Waals surface area contributed by atoms with Crippen LogP contribution in [0, 0.1) is 18.7 Å². The fraction of sp³-hybridized carbons (Fsp3) is 0.375. The molecule has 2 amide bonds. The molecule has 0 unspecified atom stereocenters. The number of amides is 2. The Labute approximate surface area is 182 Å². The largest absolute Gasteiger partial charge is 0.369 e. The smallest absolute Gasteiger partial charge is 0.251 e. The molecule has 1 aliphatic rings. The summed E-state index contributed by atoms with van der Waals surface area (Å²) in [7, 11) is 0. The molecule has 1 atom stereocenters. The van der Waals surface area contributed by atoms with Gasteiger partial charge in [-0.2, -0.15) is 0 Å². The molecule has 0 saturated carbocycles. The number of hydrogen-bond acceptors (Lipinski definition) is 4. The van der Waals surface area contributed by atoms with E-state index < -0.39 is 5.54 Å². The van der Waals surface area contributed by atoms with E-state index in [1.807, 2.05) is 39.8 Å². The molecule has 0 aliphatic carbocycles. The van der Waals surface area contributed by atoms with Gasteiger partial charge in [0.1, 0.15) is 5.82 Å². The van der Waals surface area contributed by atoms with E-state index in [-0.39, 0.29) is 49.0 Å². The van der Waals surface area contributed by atoms with Crippen molar-refractivity contribution in [3.8, 4) is 0 Å². The lowest BCUT2D eigenvalue weighted by molar-refractivity contribution is -0.130. The molecule has 2 aromatic carbocycles. The first-order chi connectivity index (χ1) is 14.6. The fourth-order valence-electron chi connectivity index (χ4n) is 3.51. The standard InChI is InChI=1S/C24H29FN4O2/c1-15(2)24(4)12-21(30)29(23(26)28-24)14-18-9-8-16(3)20(11-18)22(31)27-13-17-6-5-7-19(25)10-17/h5-11,15H,12-14H2,1-4H3,(H2,26,28)(H,27,31)/t24-/m0/s1. The third kappa shape index (κ3) is 5.10. The number of benzene rings is 2. The number of nitrogens with one attached hydrogen (secondary N) is 1. The van der Waals surface area contributed by atoms with Crippen LogP contribution in [-0.2, 0) is 17.9 Å². The van der Waals surface area contributed by atoms with Gasteiger partial charge in [0.15, 0.2) is 5.96 Å². The van der Waals surface area contributed by atoms with Crippen LogP contribution in [0.3, 0.4) is 0 Å². The monoisotopic (exact) mass is 424 g/mol. The molecule has 1 heterocycles. The summed E-state index contributed by atoms with van der Waals surface area (Å²) in [6, 6.07) is 11.6. The van der Waals surface area contributed by atoms with Gasteiger partial charge >= 0.3 is 0 Å². The highest BCUT2D eigenvalue weighted by molar-refractivity contribution is 5.99. The van der Waals surface area contributed by atoms with Crippen molar-refractivity contribution in [3.63, 3.8) is 0 Å². The lowest BCUT2D eigenvalue weighted by atomic mass is 9.84. The topological polar surface area (TPSA) is 87.8 Å². The van der Waals surface area contributed by atoms with Crippen molar-refractivity contribution >= 4 is 17.8 Å². The van der Waals surface area contributed by atoms with Gasteiger partial charge in [-0.15, -0.1) is 0 Å². The summed E-state index contributed by atoms with van der Waals surface area (Å²) < 4.78 is 13.3. The third-order valence-electron chi connectivity index (χ3n) is 5.93. The molecule has 7 heteroatoms. The minimum atomic E-state index is -0.507. The van der Waals surface area contributed by atoms with Crippen molar-refractivity contribution in [1.29, 1.82) is 0 Å². The van der Waals surface area contributed by atoms with Gasteiger partial charge in [0.05, 0.1) is 18.5 Å². The number of hydrogen-bond donors (Lipinski definition) is 2. The summed E-state index contributed by atoms with van der Waals surface area (Å²) in [4.78, 5) is 31.5.